The Kier molecular flexibility index (Phi) is 6.17. The monoisotopic (exact) mass is 532 g/mol. The van der Waals surface area contributed by atoms with Crippen LogP contribution in [-0.2, 0) is 13.0 Å². The van der Waals surface area contributed by atoms with E-state index in [0.29, 0.717) is 34.3 Å². The number of amides is 1. The zero-order chi connectivity index (χ0) is 23.7. The van der Waals surface area contributed by atoms with Gasteiger partial charge in [0.05, 0.1) is 17.4 Å². The molecule has 0 saturated carbocycles. The molecule has 1 amide bonds. The van der Waals surface area contributed by atoms with Gasteiger partial charge in [-0.05, 0) is 66.2 Å². The number of carbonyl (C=O) groups is 1. The van der Waals surface area contributed by atoms with Gasteiger partial charge in [0.25, 0.3) is 11.5 Å². The molecule has 5 aromatic rings. The number of benzene rings is 3. The maximum absolute atomic E-state index is 13.0. The van der Waals surface area contributed by atoms with Crippen molar-refractivity contribution in [1.29, 1.82) is 0 Å². The van der Waals surface area contributed by atoms with Gasteiger partial charge in [-0.1, -0.05) is 46.3 Å². The van der Waals surface area contributed by atoms with Gasteiger partial charge in [-0.2, -0.15) is 0 Å². The predicted molar refractivity (Wildman–Crippen MR) is 141 cm³/mol. The Labute approximate surface area is 208 Å². The molecule has 0 bridgehead atoms. The first-order valence-corrected chi connectivity index (χ1v) is 12.0. The molecule has 0 aliphatic heterocycles. The highest BCUT2D eigenvalue weighted by molar-refractivity contribution is 9.10. The third-order valence-corrected chi connectivity index (χ3v) is 6.67. The van der Waals surface area contributed by atoms with E-state index < -0.39 is 0 Å². The Morgan fingerprint density at radius 2 is 1.79 bits per heavy atom. The molecular formula is C26H21BrN4O2S. The van der Waals surface area contributed by atoms with E-state index in [1.54, 1.807) is 18.2 Å². The Morgan fingerprint density at radius 1 is 1.00 bits per heavy atom. The van der Waals surface area contributed by atoms with Gasteiger partial charge in [-0.25, -0.2) is 0 Å². The van der Waals surface area contributed by atoms with Gasteiger partial charge in [0.2, 0.25) is 0 Å². The molecule has 0 atom stereocenters. The summed E-state index contributed by atoms with van der Waals surface area (Å²) >= 11 is 8.82. The lowest BCUT2D eigenvalue weighted by Gasteiger charge is -2.10. The number of rotatable bonds is 6. The van der Waals surface area contributed by atoms with Gasteiger partial charge < -0.3 is 15.3 Å². The van der Waals surface area contributed by atoms with Gasteiger partial charge in [-0.3, -0.25) is 14.2 Å². The van der Waals surface area contributed by atoms with Gasteiger partial charge in [0.1, 0.15) is 0 Å². The number of para-hydroxylation sites is 1. The van der Waals surface area contributed by atoms with Crippen LogP contribution in [0.25, 0.3) is 21.8 Å². The van der Waals surface area contributed by atoms with E-state index in [1.807, 2.05) is 48.7 Å². The molecule has 3 aromatic carbocycles. The third kappa shape index (κ3) is 4.47. The summed E-state index contributed by atoms with van der Waals surface area (Å²) in [5, 5.41) is 4.72. The lowest BCUT2D eigenvalue weighted by molar-refractivity contribution is 0.0954. The summed E-state index contributed by atoms with van der Waals surface area (Å²) in [6.07, 6.45) is 2.73. The summed E-state index contributed by atoms with van der Waals surface area (Å²) in [6, 6.07) is 20.8. The number of hydrogen-bond acceptors (Lipinski definition) is 3. The summed E-state index contributed by atoms with van der Waals surface area (Å²) in [6.45, 7) is 0.860. The molecule has 3 N–H and O–H groups in total. The number of hydrogen-bond donors (Lipinski definition) is 3. The fraction of sp³-hybridized carbons (Fsp3) is 0.115. The zero-order valence-electron chi connectivity index (χ0n) is 18.1. The molecule has 0 fully saturated rings. The molecule has 170 valence electrons. The summed E-state index contributed by atoms with van der Waals surface area (Å²) in [5.74, 6) is -0.128. The van der Waals surface area contributed by atoms with Crippen molar-refractivity contribution in [3.63, 3.8) is 0 Å². The van der Waals surface area contributed by atoms with Crippen LogP contribution >= 0.6 is 28.1 Å². The molecular weight excluding hydrogens is 512 g/mol. The van der Waals surface area contributed by atoms with Gasteiger partial charge in [0.15, 0.2) is 4.77 Å². The van der Waals surface area contributed by atoms with Crippen LogP contribution in [0.2, 0.25) is 0 Å². The van der Waals surface area contributed by atoms with Crippen molar-refractivity contribution in [2.45, 2.75) is 13.0 Å². The Balaban J connectivity index is 1.26. The number of nitrogens with one attached hydrogen (secondary N) is 3. The number of aromatic amines is 2. The van der Waals surface area contributed by atoms with Crippen LogP contribution in [-0.4, -0.2) is 27.0 Å². The molecule has 0 unspecified atom stereocenters. The molecule has 0 aliphatic carbocycles. The number of carbonyl (C=O) groups excluding carboxylic acids is 1. The van der Waals surface area contributed by atoms with Crippen LogP contribution in [0.3, 0.4) is 0 Å². The van der Waals surface area contributed by atoms with Crippen molar-refractivity contribution in [1.82, 2.24) is 19.9 Å². The van der Waals surface area contributed by atoms with Crippen molar-refractivity contribution in [3.8, 4) is 0 Å². The average molecular weight is 533 g/mol. The van der Waals surface area contributed by atoms with Crippen molar-refractivity contribution in [3.05, 3.63) is 109 Å². The van der Waals surface area contributed by atoms with Crippen molar-refractivity contribution < 1.29 is 4.79 Å². The predicted octanol–water partition coefficient (Wildman–Crippen LogP) is 5.32. The van der Waals surface area contributed by atoms with Crippen molar-refractivity contribution in [2.24, 2.45) is 0 Å². The summed E-state index contributed by atoms with van der Waals surface area (Å²) in [7, 11) is 0. The molecule has 2 aromatic heterocycles. The largest absolute Gasteiger partial charge is 0.361 e. The Hall–Kier alpha value is -3.49. The van der Waals surface area contributed by atoms with E-state index in [0.717, 1.165) is 22.0 Å². The summed E-state index contributed by atoms with van der Waals surface area (Å²) < 4.78 is 2.72. The number of H-pyrrole nitrogens is 2. The molecule has 8 heteroatoms. The van der Waals surface area contributed by atoms with Crippen LogP contribution in [0.1, 0.15) is 21.5 Å². The molecule has 0 aliphatic rings. The average Bonchev–Trinajstić information content (AvgIpc) is 3.26. The summed E-state index contributed by atoms with van der Waals surface area (Å²) in [5.41, 5.74) is 4.27. The van der Waals surface area contributed by atoms with E-state index in [9.17, 15) is 9.59 Å². The van der Waals surface area contributed by atoms with Gasteiger partial charge >= 0.3 is 0 Å². The second-order valence-electron chi connectivity index (χ2n) is 8.07. The maximum atomic E-state index is 13.0. The van der Waals surface area contributed by atoms with Crippen LogP contribution in [0.5, 0.6) is 0 Å². The SMILES string of the molecule is O=C(NCCc1c[nH]c2ccccc12)c1ccc(Cn2c(=S)[nH]c3ccc(Br)cc3c2=O)cc1. The lowest BCUT2D eigenvalue weighted by Crippen LogP contribution is -2.25. The van der Waals surface area contributed by atoms with E-state index >= 15 is 0 Å². The number of fused-ring (bicyclic) bond motifs is 2. The maximum Gasteiger partial charge on any atom is 0.262 e. The molecule has 0 radical (unpaired) electrons. The molecule has 34 heavy (non-hydrogen) atoms. The van der Waals surface area contributed by atoms with E-state index in [1.165, 1.54) is 15.5 Å². The first-order chi connectivity index (χ1) is 16.5. The minimum atomic E-state index is -0.154. The van der Waals surface area contributed by atoms with Crippen molar-refractivity contribution >= 4 is 55.9 Å². The highest BCUT2D eigenvalue weighted by atomic mass is 79.9. The summed E-state index contributed by atoms with van der Waals surface area (Å²) in [4.78, 5) is 31.9. The second-order valence-corrected chi connectivity index (χ2v) is 9.38. The number of aromatic nitrogens is 3. The van der Waals surface area contributed by atoms with Crippen LogP contribution in [0, 0.1) is 4.77 Å². The normalized spacial score (nSPS) is 11.2. The Bertz CT molecular complexity index is 1630. The van der Waals surface area contributed by atoms with E-state index in [2.05, 4.69) is 37.3 Å². The van der Waals surface area contributed by atoms with Gasteiger partial charge in [-0.15, -0.1) is 0 Å². The first kappa shape index (κ1) is 22.3. The first-order valence-electron chi connectivity index (χ1n) is 10.8. The zero-order valence-corrected chi connectivity index (χ0v) is 20.5. The highest BCUT2D eigenvalue weighted by Gasteiger charge is 2.10. The van der Waals surface area contributed by atoms with Gasteiger partial charge in [0, 0.05) is 33.7 Å². The third-order valence-electron chi connectivity index (χ3n) is 5.86. The van der Waals surface area contributed by atoms with Crippen LogP contribution in [0.4, 0.5) is 0 Å². The number of nitrogens with zero attached hydrogens (tertiary/aromatic N) is 1. The fourth-order valence-corrected chi connectivity index (χ4v) is 4.68. The molecule has 0 saturated heterocycles. The van der Waals surface area contributed by atoms with E-state index in [4.69, 9.17) is 12.2 Å². The standard InChI is InChI=1S/C26H21BrN4O2S/c27-19-9-10-23-21(13-19)25(33)31(26(34)30-23)15-16-5-7-17(8-6-16)24(32)28-12-11-18-14-29-22-4-2-1-3-20(18)22/h1-10,13-14,29H,11-12,15H2,(H,28,32)(H,30,34). The molecule has 5 rings (SSSR count). The quantitative estimate of drug-likeness (QED) is 0.258. The molecule has 0 spiro atoms. The van der Waals surface area contributed by atoms with Crippen molar-refractivity contribution in [2.75, 3.05) is 6.54 Å². The second kappa shape index (κ2) is 9.40. The van der Waals surface area contributed by atoms with E-state index in [-0.39, 0.29) is 11.5 Å². The van der Waals surface area contributed by atoms with Crippen LogP contribution < -0.4 is 10.9 Å². The lowest BCUT2D eigenvalue weighted by atomic mass is 10.1. The molecule has 2 heterocycles. The van der Waals surface area contributed by atoms with Crippen LogP contribution in [0.15, 0.2) is 82.2 Å². The topological polar surface area (TPSA) is 82.7 Å². The Morgan fingerprint density at radius 3 is 2.62 bits per heavy atom. The minimum Gasteiger partial charge on any atom is -0.361 e. The fourth-order valence-electron chi connectivity index (χ4n) is 4.06. The minimum absolute atomic E-state index is 0.128. The number of halogens is 1. The molecule has 6 nitrogen and oxygen atoms in total. The highest BCUT2D eigenvalue weighted by Crippen LogP contribution is 2.18. The smallest absolute Gasteiger partial charge is 0.262 e.